The van der Waals surface area contributed by atoms with E-state index in [0.717, 1.165) is 57.1 Å². The van der Waals surface area contributed by atoms with Gasteiger partial charge in [0.1, 0.15) is 5.82 Å². The van der Waals surface area contributed by atoms with Crippen molar-refractivity contribution in [3.8, 4) is 0 Å². The van der Waals surface area contributed by atoms with Crippen molar-refractivity contribution in [2.45, 2.75) is 19.3 Å². The van der Waals surface area contributed by atoms with Crippen LogP contribution in [-0.4, -0.2) is 39.3 Å². The van der Waals surface area contributed by atoms with E-state index >= 15 is 0 Å². The molecule has 0 fully saturated rings. The zero-order valence-corrected chi connectivity index (χ0v) is 15.8. The van der Waals surface area contributed by atoms with E-state index in [1.165, 1.54) is 17.7 Å². The third kappa shape index (κ3) is 7.78. The smallest absolute Gasteiger partial charge is 0.190 e. The van der Waals surface area contributed by atoms with Gasteiger partial charge in [-0.05, 0) is 37.0 Å². The molecule has 1 heterocycles. The molecule has 1 aromatic rings. The van der Waals surface area contributed by atoms with Crippen LogP contribution in [0.2, 0.25) is 0 Å². The Kier molecular flexibility index (Phi) is 9.86. The van der Waals surface area contributed by atoms with E-state index < -0.39 is 0 Å². The molecular weight excluding hydrogens is 408 g/mol. The van der Waals surface area contributed by atoms with Crippen molar-refractivity contribution in [3.05, 3.63) is 47.3 Å². The first kappa shape index (κ1) is 19.9. The molecule has 1 aliphatic heterocycles. The summed E-state index contributed by atoms with van der Waals surface area (Å²) in [5.41, 5.74) is 2.55. The molecule has 23 heavy (non-hydrogen) atoms. The van der Waals surface area contributed by atoms with Gasteiger partial charge < -0.3 is 15.4 Å². The van der Waals surface area contributed by atoms with Crippen molar-refractivity contribution in [1.82, 2.24) is 10.6 Å². The van der Waals surface area contributed by atoms with Crippen molar-refractivity contribution in [2.75, 3.05) is 33.4 Å². The number of nitrogens with one attached hydrogen (secondary N) is 2. The van der Waals surface area contributed by atoms with E-state index in [4.69, 9.17) is 4.74 Å². The van der Waals surface area contributed by atoms with E-state index in [1.54, 1.807) is 7.05 Å². The lowest BCUT2D eigenvalue weighted by atomic mass is 10.1. The fourth-order valence-corrected chi connectivity index (χ4v) is 2.33. The number of hydrogen-bond acceptors (Lipinski definition) is 2. The van der Waals surface area contributed by atoms with Crippen LogP contribution in [0.25, 0.3) is 0 Å². The SMILES string of the molecule is CN=C(NCCC1=CCOCC1)NCCc1ccc(F)cc1.I. The maximum Gasteiger partial charge on any atom is 0.190 e. The first-order valence-electron chi connectivity index (χ1n) is 7.72. The Morgan fingerprint density at radius 2 is 1.87 bits per heavy atom. The summed E-state index contributed by atoms with van der Waals surface area (Å²) in [6.07, 6.45) is 5.04. The largest absolute Gasteiger partial charge is 0.377 e. The van der Waals surface area contributed by atoms with Gasteiger partial charge in [-0.1, -0.05) is 23.8 Å². The number of benzene rings is 1. The Balaban J connectivity index is 0.00000264. The molecule has 0 saturated heterocycles. The zero-order chi connectivity index (χ0) is 15.6. The van der Waals surface area contributed by atoms with Crippen molar-refractivity contribution in [2.24, 2.45) is 4.99 Å². The van der Waals surface area contributed by atoms with Crippen molar-refractivity contribution in [1.29, 1.82) is 0 Å². The minimum Gasteiger partial charge on any atom is -0.377 e. The lowest BCUT2D eigenvalue weighted by molar-refractivity contribution is 0.153. The van der Waals surface area contributed by atoms with Crippen LogP contribution >= 0.6 is 24.0 Å². The van der Waals surface area contributed by atoms with Gasteiger partial charge in [0.05, 0.1) is 13.2 Å². The summed E-state index contributed by atoms with van der Waals surface area (Å²) in [5, 5.41) is 6.58. The van der Waals surface area contributed by atoms with Gasteiger partial charge in [-0.15, -0.1) is 24.0 Å². The lowest BCUT2D eigenvalue weighted by Crippen LogP contribution is -2.38. The standard InChI is InChI=1S/C17H24FN3O.HI/c1-19-17(21-11-7-15-8-12-22-13-9-15)20-10-6-14-2-4-16(18)5-3-14;/h2-5,8H,6-7,9-13H2,1H3,(H2,19,20,21);1H. The molecule has 0 aromatic heterocycles. The highest BCUT2D eigenvalue weighted by atomic mass is 127. The molecule has 2 N–H and O–H groups in total. The molecule has 1 aliphatic rings. The molecule has 1 aromatic carbocycles. The van der Waals surface area contributed by atoms with Crippen LogP contribution in [0.15, 0.2) is 40.9 Å². The number of aliphatic imine (C=N–C) groups is 1. The van der Waals surface area contributed by atoms with Gasteiger partial charge >= 0.3 is 0 Å². The van der Waals surface area contributed by atoms with Crippen LogP contribution in [0.3, 0.4) is 0 Å². The third-order valence-electron chi connectivity index (χ3n) is 3.64. The number of guanidine groups is 1. The Morgan fingerprint density at radius 3 is 2.48 bits per heavy atom. The average molecular weight is 433 g/mol. The number of halogens is 2. The maximum absolute atomic E-state index is 12.8. The monoisotopic (exact) mass is 433 g/mol. The second kappa shape index (κ2) is 11.4. The lowest BCUT2D eigenvalue weighted by Gasteiger charge is -2.15. The van der Waals surface area contributed by atoms with Gasteiger partial charge in [-0.2, -0.15) is 0 Å². The van der Waals surface area contributed by atoms with Crippen LogP contribution in [0, 0.1) is 5.82 Å². The molecule has 0 amide bonds. The van der Waals surface area contributed by atoms with Crippen molar-refractivity contribution < 1.29 is 9.13 Å². The molecular formula is C17H25FIN3O. The number of rotatable bonds is 6. The summed E-state index contributed by atoms with van der Waals surface area (Å²) in [7, 11) is 1.76. The third-order valence-corrected chi connectivity index (χ3v) is 3.64. The summed E-state index contributed by atoms with van der Waals surface area (Å²) in [6.45, 7) is 3.19. The van der Waals surface area contributed by atoms with E-state index in [9.17, 15) is 4.39 Å². The summed E-state index contributed by atoms with van der Waals surface area (Å²) in [6, 6.07) is 6.60. The molecule has 4 nitrogen and oxygen atoms in total. The topological polar surface area (TPSA) is 45.7 Å². The highest BCUT2D eigenvalue weighted by Gasteiger charge is 2.04. The maximum atomic E-state index is 12.8. The first-order valence-corrected chi connectivity index (χ1v) is 7.72. The molecule has 0 spiro atoms. The Bertz CT molecular complexity index is 517. The quantitative estimate of drug-likeness (QED) is 0.314. The molecule has 0 radical (unpaired) electrons. The second-order valence-corrected chi connectivity index (χ2v) is 5.24. The molecule has 0 aliphatic carbocycles. The molecule has 0 unspecified atom stereocenters. The minimum atomic E-state index is -0.198. The molecule has 0 saturated carbocycles. The van der Waals surface area contributed by atoms with Crippen LogP contribution in [0.5, 0.6) is 0 Å². The number of hydrogen-bond donors (Lipinski definition) is 2. The molecule has 0 bridgehead atoms. The average Bonchev–Trinajstić information content (AvgIpc) is 2.56. The second-order valence-electron chi connectivity index (χ2n) is 5.24. The van der Waals surface area contributed by atoms with E-state index in [1.807, 2.05) is 12.1 Å². The fraction of sp³-hybridized carbons (Fsp3) is 0.471. The highest BCUT2D eigenvalue weighted by Crippen LogP contribution is 2.10. The zero-order valence-electron chi connectivity index (χ0n) is 13.5. The molecule has 0 atom stereocenters. The summed E-state index contributed by atoms with van der Waals surface area (Å²) in [5.74, 6) is 0.603. The molecule has 128 valence electrons. The van der Waals surface area contributed by atoms with Gasteiger partial charge in [0.25, 0.3) is 0 Å². The number of nitrogens with zero attached hydrogens (tertiary/aromatic N) is 1. The first-order chi connectivity index (χ1) is 10.8. The van der Waals surface area contributed by atoms with Crippen LogP contribution in [0.1, 0.15) is 18.4 Å². The predicted octanol–water partition coefficient (Wildman–Crippen LogP) is 2.89. The van der Waals surface area contributed by atoms with E-state index in [2.05, 4.69) is 21.7 Å². The molecule has 2 rings (SSSR count). The summed E-state index contributed by atoms with van der Waals surface area (Å²) >= 11 is 0. The molecule has 6 heteroatoms. The van der Waals surface area contributed by atoms with E-state index in [-0.39, 0.29) is 29.8 Å². The predicted molar refractivity (Wildman–Crippen MR) is 103 cm³/mol. The van der Waals surface area contributed by atoms with Gasteiger partial charge in [-0.25, -0.2) is 4.39 Å². The van der Waals surface area contributed by atoms with Crippen molar-refractivity contribution >= 4 is 29.9 Å². The van der Waals surface area contributed by atoms with Crippen molar-refractivity contribution in [3.63, 3.8) is 0 Å². The Labute approximate surface area is 154 Å². The normalized spacial score (nSPS) is 14.7. The van der Waals surface area contributed by atoms with Crippen LogP contribution in [0.4, 0.5) is 4.39 Å². The highest BCUT2D eigenvalue weighted by molar-refractivity contribution is 14.0. The van der Waals surface area contributed by atoms with Gasteiger partial charge in [0, 0.05) is 20.1 Å². The van der Waals surface area contributed by atoms with Gasteiger partial charge in [0.2, 0.25) is 0 Å². The fourth-order valence-electron chi connectivity index (χ4n) is 2.33. The Morgan fingerprint density at radius 1 is 1.17 bits per heavy atom. The number of ether oxygens (including phenoxy) is 1. The van der Waals surface area contributed by atoms with Gasteiger partial charge in [-0.3, -0.25) is 4.99 Å². The van der Waals surface area contributed by atoms with Gasteiger partial charge in [0.15, 0.2) is 5.96 Å². The minimum absolute atomic E-state index is 0. The van der Waals surface area contributed by atoms with E-state index in [0.29, 0.717) is 0 Å². The summed E-state index contributed by atoms with van der Waals surface area (Å²) < 4.78 is 18.1. The van der Waals surface area contributed by atoms with Crippen LogP contribution in [-0.2, 0) is 11.2 Å². The summed E-state index contributed by atoms with van der Waals surface area (Å²) in [4.78, 5) is 4.21. The van der Waals surface area contributed by atoms with Crippen LogP contribution < -0.4 is 10.6 Å². The Hall–Kier alpha value is -1.15.